The first-order valence-corrected chi connectivity index (χ1v) is 14.1. The summed E-state index contributed by atoms with van der Waals surface area (Å²) in [5.41, 5.74) is -0.590. The van der Waals surface area contributed by atoms with E-state index in [0.717, 1.165) is 11.3 Å². The summed E-state index contributed by atoms with van der Waals surface area (Å²) in [5.74, 6) is -2.27. The topological polar surface area (TPSA) is 90.4 Å². The normalized spacial score (nSPS) is 31.2. The van der Waals surface area contributed by atoms with Crippen molar-refractivity contribution < 1.29 is 24.2 Å². The molecule has 0 aromatic heterocycles. The molecule has 0 radical (unpaired) electrons. The van der Waals surface area contributed by atoms with E-state index in [4.69, 9.17) is 4.74 Å². The minimum absolute atomic E-state index is 0.00175. The van der Waals surface area contributed by atoms with Crippen LogP contribution in [0.3, 0.4) is 0 Å². The second kappa shape index (κ2) is 10.3. The Bertz CT molecular complexity index is 1340. The molecule has 2 aromatic carbocycles. The molecule has 4 aliphatic rings. The van der Waals surface area contributed by atoms with Gasteiger partial charge in [-0.25, -0.2) is 0 Å². The second-order valence-electron chi connectivity index (χ2n) is 11.3. The fourth-order valence-corrected chi connectivity index (χ4v) is 6.99. The van der Waals surface area contributed by atoms with Crippen LogP contribution in [-0.2, 0) is 25.7 Å². The fraction of sp³-hybridized carbons (Fsp3) is 0.406. The maximum absolute atomic E-state index is 14.4. The average Bonchev–Trinajstić information content (AvgIpc) is 3.23. The van der Waals surface area contributed by atoms with Crippen molar-refractivity contribution in [3.05, 3.63) is 90.5 Å². The Morgan fingerprint density at radius 1 is 0.850 bits per heavy atom. The highest BCUT2D eigenvalue weighted by Crippen LogP contribution is 2.57. The molecular weight excluding hydrogens is 506 g/mol. The van der Waals surface area contributed by atoms with Crippen LogP contribution in [0.25, 0.3) is 0 Å². The first-order chi connectivity index (χ1) is 19.4. The van der Waals surface area contributed by atoms with Crippen LogP contribution in [0.15, 0.2) is 85.0 Å². The molecule has 0 bridgehead atoms. The molecule has 208 valence electrons. The molecule has 40 heavy (non-hydrogen) atoms. The Hall–Kier alpha value is -3.75. The molecule has 1 N–H and O–H groups in total. The number of anilines is 1. The van der Waals surface area contributed by atoms with Crippen LogP contribution >= 0.6 is 0 Å². The van der Waals surface area contributed by atoms with Gasteiger partial charge in [-0.15, -0.1) is 0 Å². The lowest BCUT2D eigenvalue weighted by atomic mass is 9.74. The van der Waals surface area contributed by atoms with Gasteiger partial charge in [0.1, 0.15) is 11.6 Å². The number of carbonyl (C=O) groups is 3. The van der Waals surface area contributed by atoms with Gasteiger partial charge < -0.3 is 24.5 Å². The zero-order chi connectivity index (χ0) is 27.9. The molecule has 5 atom stereocenters. The summed E-state index contributed by atoms with van der Waals surface area (Å²) >= 11 is 0. The molecule has 8 nitrogen and oxygen atoms in total. The fourth-order valence-electron chi connectivity index (χ4n) is 6.99. The molecular formula is C32H35N3O5. The number of aliphatic hydroxyl groups excluding tert-OH is 1. The number of rotatable bonds is 7. The van der Waals surface area contributed by atoms with Gasteiger partial charge in [-0.05, 0) is 37.5 Å². The number of para-hydroxylation sites is 1. The zero-order valence-corrected chi connectivity index (χ0v) is 22.7. The van der Waals surface area contributed by atoms with E-state index in [1.165, 1.54) is 0 Å². The van der Waals surface area contributed by atoms with E-state index in [9.17, 15) is 19.5 Å². The summed E-state index contributed by atoms with van der Waals surface area (Å²) in [6, 6.07) is 18.3. The molecule has 0 aliphatic carbocycles. The summed E-state index contributed by atoms with van der Waals surface area (Å²) in [5, 5.41) is 9.42. The van der Waals surface area contributed by atoms with Crippen molar-refractivity contribution >= 4 is 23.4 Å². The van der Waals surface area contributed by atoms with Crippen LogP contribution in [0.4, 0.5) is 5.69 Å². The van der Waals surface area contributed by atoms with Gasteiger partial charge in [0.2, 0.25) is 17.7 Å². The molecule has 2 aromatic rings. The monoisotopic (exact) mass is 541 g/mol. The van der Waals surface area contributed by atoms with Crippen molar-refractivity contribution in [1.29, 1.82) is 0 Å². The molecule has 2 fully saturated rings. The number of benzene rings is 2. The van der Waals surface area contributed by atoms with Gasteiger partial charge in [0.15, 0.2) is 0 Å². The number of aliphatic hydroxyl groups is 1. The molecule has 2 saturated heterocycles. The number of nitrogens with zero attached hydrogens (tertiary/aromatic N) is 3. The van der Waals surface area contributed by atoms with E-state index < -0.39 is 29.1 Å². The van der Waals surface area contributed by atoms with Crippen LogP contribution in [0.5, 0.6) is 0 Å². The number of unbranched alkanes of at least 4 members (excludes halogenated alkanes) is 1. The van der Waals surface area contributed by atoms with Crippen molar-refractivity contribution in [2.45, 2.75) is 43.6 Å². The quantitative estimate of drug-likeness (QED) is 0.430. The molecule has 3 amide bonds. The lowest BCUT2D eigenvalue weighted by Gasteiger charge is -2.37. The Labute approximate surface area is 234 Å². The van der Waals surface area contributed by atoms with Gasteiger partial charge in [0.25, 0.3) is 0 Å². The van der Waals surface area contributed by atoms with Gasteiger partial charge in [0, 0.05) is 38.5 Å². The third kappa shape index (κ3) is 4.17. The van der Waals surface area contributed by atoms with Crippen molar-refractivity contribution in [3.8, 4) is 0 Å². The molecule has 0 saturated carbocycles. The van der Waals surface area contributed by atoms with Gasteiger partial charge in [-0.2, -0.15) is 0 Å². The Kier molecular flexibility index (Phi) is 6.84. The lowest BCUT2D eigenvalue weighted by Crippen LogP contribution is -2.55. The van der Waals surface area contributed by atoms with Gasteiger partial charge >= 0.3 is 0 Å². The first-order valence-electron chi connectivity index (χ1n) is 14.1. The largest absolute Gasteiger partial charge is 0.396 e. The van der Waals surface area contributed by atoms with E-state index in [2.05, 4.69) is 0 Å². The predicted molar refractivity (Wildman–Crippen MR) is 150 cm³/mol. The number of fused-ring (bicyclic) bond motifs is 2. The van der Waals surface area contributed by atoms with Crippen LogP contribution in [0, 0.1) is 11.8 Å². The molecule has 4 aliphatic heterocycles. The van der Waals surface area contributed by atoms with Crippen LogP contribution in [0.1, 0.15) is 25.3 Å². The third-order valence-corrected chi connectivity index (χ3v) is 8.73. The molecule has 1 spiro atoms. The molecule has 6 rings (SSSR count). The molecule has 8 heteroatoms. The highest BCUT2D eigenvalue weighted by atomic mass is 16.5. The Morgan fingerprint density at radius 2 is 1.55 bits per heavy atom. The first kappa shape index (κ1) is 26.5. The molecule has 4 heterocycles. The van der Waals surface area contributed by atoms with Gasteiger partial charge in [-0.1, -0.05) is 72.8 Å². The maximum atomic E-state index is 14.4. The van der Waals surface area contributed by atoms with Crippen molar-refractivity contribution in [2.24, 2.45) is 11.8 Å². The smallest absolute Gasteiger partial charge is 0.249 e. The summed E-state index contributed by atoms with van der Waals surface area (Å²) in [4.78, 5) is 48.1. The van der Waals surface area contributed by atoms with E-state index in [-0.39, 0.29) is 24.3 Å². The summed E-state index contributed by atoms with van der Waals surface area (Å²) in [6.45, 7) is 3.32. The van der Waals surface area contributed by atoms with Crippen LogP contribution < -0.4 is 4.90 Å². The number of hydrogen-bond donors (Lipinski definition) is 1. The molecule has 1 unspecified atom stereocenters. The summed E-state index contributed by atoms with van der Waals surface area (Å²) in [6.07, 6.45) is 8.67. The number of amides is 3. The highest BCUT2D eigenvalue weighted by molar-refractivity contribution is 6.04. The Morgan fingerprint density at radius 3 is 2.27 bits per heavy atom. The van der Waals surface area contributed by atoms with Crippen LogP contribution in [0.2, 0.25) is 0 Å². The standard InChI is InChI=1S/C32H35N3O5/c1-31-16-10-20-34(24-14-6-3-7-15-24)28(37)25(31)26-29(38)35(19-8-9-21-36)27-30(39)33(18-11-17-32(26,27)40-31)22-23-12-4-2-5-13-23/h2-7,10-17,25-27,36H,8-9,18-22H2,1H3/t25-,26+,27?,31+,32+/m1/s1. The number of ether oxygens (including phenoxy) is 1. The zero-order valence-electron chi connectivity index (χ0n) is 22.7. The second-order valence-corrected chi connectivity index (χ2v) is 11.3. The van der Waals surface area contributed by atoms with E-state index in [1.807, 2.05) is 91.9 Å². The Balaban J connectivity index is 1.42. The van der Waals surface area contributed by atoms with E-state index in [1.54, 1.807) is 14.7 Å². The van der Waals surface area contributed by atoms with Crippen molar-refractivity contribution in [2.75, 3.05) is 31.1 Å². The number of hydrogen-bond acceptors (Lipinski definition) is 5. The lowest BCUT2D eigenvalue weighted by molar-refractivity contribution is -0.151. The number of carbonyl (C=O) groups excluding carboxylic acids is 3. The number of likely N-dealkylation sites (tertiary alicyclic amines) is 1. The van der Waals surface area contributed by atoms with Gasteiger partial charge in [0.05, 0.1) is 17.4 Å². The highest BCUT2D eigenvalue weighted by Gasteiger charge is 2.74. The minimum Gasteiger partial charge on any atom is -0.396 e. The SMILES string of the molecule is C[C@]12C=CCN(c3ccccc3)C(=O)[C@H]1[C@H]1C(=O)N(CCCCO)C3C(=O)N(Cc4ccccc4)CC=C[C@@]31O2. The van der Waals surface area contributed by atoms with Crippen LogP contribution in [-0.4, -0.2) is 76.1 Å². The van der Waals surface area contributed by atoms with E-state index >= 15 is 0 Å². The van der Waals surface area contributed by atoms with Crippen molar-refractivity contribution in [1.82, 2.24) is 9.80 Å². The van der Waals surface area contributed by atoms with Crippen molar-refractivity contribution in [3.63, 3.8) is 0 Å². The van der Waals surface area contributed by atoms with E-state index in [0.29, 0.717) is 39.0 Å². The minimum atomic E-state index is -1.28. The predicted octanol–water partition coefficient (Wildman–Crippen LogP) is 2.93. The average molecular weight is 542 g/mol. The summed E-state index contributed by atoms with van der Waals surface area (Å²) < 4.78 is 6.88. The maximum Gasteiger partial charge on any atom is 0.249 e. The summed E-state index contributed by atoms with van der Waals surface area (Å²) in [7, 11) is 0. The van der Waals surface area contributed by atoms with Gasteiger partial charge in [-0.3, -0.25) is 14.4 Å². The third-order valence-electron chi connectivity index (χ3n) is 8.73.